The Morgan fingerprint density at radius 3 is 2.70 bits per heavy atom. The molecule has 1 aromatic rings. The number of carboxylic acid groups (broad SMARTS) is 1. The molecular formula is C13H16BrNO5. The Hall–Kier alpha value is -1.60. The molecule has 1 unspecified atom stereocenters. The SMILES string of the molecule is COCCCC(NC(=O)c1ccc(Br)c(O)c1)C(=O)O. The van der Waals surface area contributed by atoms with Crippen molar-refractivity contribution in [3.8, 4) is 5.75 Å². The fourth-order valence-corrected chi connectivity index (χ4v) is 1.83. The minimum Gasteiger partial charge on any atom is -0.507 e. The second-order valence-electron chi connectivity index (χ2n) is 4.17. The molecule has 0 aliphatic rings. The molecule has 0 aliphatic heterocycles. The highest BCUT2D eigenvalue weighted by Gasteiger charge is 2.20. The highest BCUT2D eigenvalue weighted by molar-refractivity contribution is 9.10. The van der Waals surface area contributed by atoms with Crippen molar-refractivity contribution in [3.63, 3.8) is 0 Å². The van der Waals surface area contributed by atoms with Gasteiger partial charge in [-0.25, -0.2) is 4.79 Å². The molecule has 0 aromatic heterocycles. The van der Waals surface area contributed by atoms with E-state index in [0.717, 1.165) is 0 Å². The maximum absolute atomic E-state index is 11.9. The first-order valence-corrected chi connectivity index (χ1v) is 6.76. The van der Waals surface area contributed by atoms with E-state index in [1.807, 2.05) is 0 Å². The standard InChI is InChI=1S/C13H16BrNO5/c1-20-6-2-3-10(13(18)19)15-12(17)8-4-5-9(14)11(16)7-8/h4-5,7,10,16H,2-3,6H2,1H3,(H,15,17)(H,18,19). The van der Waals surface area contributed by atoms with Crippen LogP contribution in [0.2, 0.25) is 0 Å². The number of methoxy groups -OCH3 is 1. The number of benzene rings is 1. The van der Waals surface area contributed by atoms with Crippen LogP contribution < -0.4 is 5.32 Å². The average molecular weight is 346 g/mol. The summed E-state index contributed by atoms with van der Waals surface area (Å²) in [4.78, 5) is 23.0. The molecule has 110 valence electrons. The number of aromatic hydroxyl groups is 1. The first-order valence-electron chi connectivity index (χ1n) is 5.96. The topological polar surface area (TPSA) is 95.9 Å². The molecule has 1 aromatic carbocycles. The smallest absolute Gasteiger partial charge is 0.326 e. The number of carbonyl (C=O) groups is 2. The van der Waals surface area contributed by atoms with Crippen molar-refractivity contribution in [2.45, 2.75) is 18.9 Å². The Kier molecular flexibility index (Phi) is 6.47. The predicted octanol–water partition coefficient (Wildman–Crippen LogP) is 1.76. The van der Waals surface area contributed by atoms with E-state index in [-0.39, 0.29) is 17.7 Å². The maximum atomic E-state index is 11.9. The highest BCUT2D eigenvalue weighted by atomic mass is 79.9. The van der Waals surface area contributed by atoms with Gasteiger partial charge >= 0.3 is 5.97 Å². The summed E-state index contributed by atoms with van der Waals surface area (Å²) in [6.45, 7) is 0.429. The van der Waals surface area contributed by atoms with Gasteiger partial charge in [-0.05, 0) is 47.0 Å². The van der Waals surface area contributed by atoms with Gasteiger partial charge in [0.25, 0.3) is 5.91 Å². The summed E-state index contributed by atoms with van der Waals surface area (Å²) >= 11 is 3.10. The Bertz CT molecular complexity index is 492. The fourth-order valence-electron chi connectivity index (χ4n) is 1.58. The zero-order chi connectivity index (χ0) is 15.1. The van der Waals surface area contributed by atoms with Gasteiger partial charge in [-0.2, -0.15) is 0 Å². The van der Waals surface area contributed by atoms with E-state index in [1.54, 1.807) is 0 Å². The zero-order valence-corrected chi connectivity index (χ0v) is 12.5. The number of hydrogen-bond donors (Lipinski definition) is 3. The molecule has 0 fully saturated rings. The van der Waals surface area contributed by atoms with Gasteiger partial charge in [-0.15, -0.1) is 0 Å². The van der Waals surface area contributed by atoms with Gasteiger partial charge in [0, 0.05) is 19.3 Å². The van der Waals surface area contributed by atoms with Crippen LogP contribution in [0.3, 0.4) is 0 Å². The molecule has 1 rings (SSSR count). The monoisotopic (exact) mass is 345 g/mol. The molecular weight excluding hydrogens is 330 g/mol. The number of carboxylic acids is 1. The second kappa shape index (κ2) is 7.86. The Morgan fingerprint density at radius 2 is 2.15 bits per heavy atom. The van der Waals surface area contributed by atoms with E-state index < -0.39 is 17.9 Å². The first-order chi connectivity index (χ1) is 9.45. The minimum absolute atomic E-state index is 0.0797. The molecule has 0 saturated carbocycles. The predicted molar refractivity (Wildman–Crippen MR) is 75.8 cm³/mol. The Labute approximate surface area is 124 Å². The van der Waals surface area contributed by atoms with E-state index in [9.17, 15) is 14.7 Å². The van der Waals surface area contributed by atoms with Crippen molar-refractivity contribution in [2.75, 3.05) is 13.7 Å². The lowest BCUT2D eigenvalue weighted by Gasteiger charge is -2.14. The molecule has 6 nitrogen and oxygen atoms in total. The number of aliphatic carboxylic acids is 1. The number of rotatable bonds is 7. The van der Waals surface area contributed by atoms with Crippen LogP contribution in [0.1, 0.15) is 23.2 Å². The molecule has 0 radical (unpaired) electrons. The van der Waals surface area contributed by atoms with Crippen molar-refractivity contribution in [2.24, 2.45) is 0 Å². The lowest BCUT2D eigenvalue weighted by Crippen LogP contribution is -2.40. The van der Waals surface area contributed by atoms with Crippen molar-refractivity contribution in [1.82, 2.24) is 5.32 Å². The van der Waals surface area contributed by atoms with Crippen LogP contribution in [0.25, 0.3) is 0 Å². The van der Waals surface area contributed by atoms with Gasteiger partial charge in [0.2, 0.25) is 0 Å². The van der Waals surface area contributed by atoms with Crippen molar-refractivity contribution >= 4 is 27.8 Å². The summed E-state index contributed by atoms with van der Waals surface area (Å²) < 4.78 is 5.31. The van der Waals surface area contributed by atoms with E-state index in [1.165, 1.54) is 25.3 Å². The normalized spacial score (nSPS) is 11.9. The van der Waals surface area contributed by atoms with Crippen molar-refractivity contribution in [1.29, 1.82) is 0 Å². The molecule has 0 heterocycles. The van der Waals surface area contributed by atoms with Gasteiger partial charge in [0.1, 0.15) is 11.8 Å². The molecule has 1 atom stereocenters. The van der Waals surface area contributed by atoms with Crippen LogP contribution in [-0.4, -0.2) is 41.8 Å². The van der Waals surface area contributed by atoms with Gasteiger partial charge in [0.15, 0.2) is 0 Å². The van der Waals surface area contributed by atoms with E-state index in [4.69, 9.17) is 9.84 Å². The van der Waals surface area contributed by atoms with E-state index in [2.05, 4.69) is 21.2 Å². The number of ether oxygens (including phenoxy) is 1. The van der Waals surface area contributed by atoms with Crippen LogP contribution in [0, 0.1) is 0 Å². The third kappa shape index (κ3) is 4.82. The third-order valence-corrected chi connectivity index (χ3v) is 3.32. The van der Waals surface area contributed by atoms with Gasteiger partial charge in [0.05, 0.1) is 4.47 Å². The summed E-state index contributed by atoms with van der Waals surface area (Å²) in [5, 5.41) is 21.0. The number of amides is 1. The summed E-state index contributed by atoms with van der Waals surface area (Å²) in [5.41, 5.74) is 0.198. The highest BCUT2D eigenvalue weighted by Crippen LogP contribution is 2.24. The first kappa shape index (κ1) is 16.5. The summed E-state index contributed by atoms with van der Waals surface area (Å²) in [6.07, 6.45) is 0.802. The van der Waals surface area contributed by atoms with Crippen LogP contribution in [0.5, 0.6) is 5.75 Å². The van der Waals surface area contributed by atoms with Gasteiger partial charge in [-0.3, -0.25) is 4.79 Å². The fraction of sp³-hybridized carbons (Fsp3) is 0.385. The van der Waals surface area contributed by atoms with Crippen LogP contribution in [0.15, 0.2) is 22.7 Å². The largest absolute Gasteiger partial charge is 0.507 e. The molecule has 0 bridgehead atoms. The number of phenolic OH excluding ortho intramolecular Hbond substituents is 1. The zero-order valence-electron chi connectivity index (χ0n) is 10.9. The Morgan fingerprint density at radius 1 is 1.45 bits per heavy atom. The summed E-state index contributed by atoms with van der Waals surface area (Å²) in [7, 11) is 1.53. The second-order valence-corrected chi connectivity index (χ2v) is 5.02. The molecule has 0 spiro atoms. The Balaban J connectivity index is 2.69. The van der Waals surface area contributed by atoms with E-state index >= 15 is 0 Å². The van der Waals surface area contributed by atoms with Crippen molar-refractivity contribution in [3.05, 3.63) is 28.2 Å². The number of carbonyl (C=O) groups excluding carboxylic acids is 1. The van der Waals surface area contributed by atoms with Gasteiger partial charge < -0.3 is 20.3 Å². The minimum atomic E-state index is -1.10. The van der Waals surface area contributed by atoms with Crippen LogP contribution in [-0.2, 0) is 9.53 Å². The molecule has 3 N–H and O–H groups in total. The number of nitrogens with one attached hydrogen (secondary N) is 1. The summed E-state index contributed by atoms with van der Waals surface area (Å²) in [5.74, 6) is -1.72. The average Bonchev–Trinajstić information content (AvgIpc) is 2.40. The molecule has 1 amide bonds. The lowest BCUT2D eigenvalue weighted by molar-refractivity contribution is -0.139. The van der Waals surface area contributed by atoms with Gasteiger partial charge in [-0.1, -0.05) is 0 Å². The maximum Gasteiger partial charge on any atom is 0.326 e. The number of halogens is 1. The van der Waals surface area contributed by atoms with Crippen LogP contribution in [0.4, 0.5) is 0 Å². The molecule has 7 heteroatoms. The molecule has 0 saturated heterocycles. The third-order valence-electron chi connectivity index (χ3n) is 2.65. The lowest BCUT2D eigenvalue weighted by atomic mass is 10.1. The van der Waals surface area contributed by atoms with Crippen LogP contribution >= 0.6 is 15.9 Å². The molecule has 20 heavy (non-hydrogen) atoms. The van der Waals surface area contributed by atoms with E-state index in [0.29, 0.717) is 17.5 Å². The van der Waals surface area contributed by atoms with Crippen molar-refractivity contribution < 1.29 is 24.5 Å². The quantitative estimate of drug-likeness (QED) is 0.654. The number of hydrogen-bond acceptors (Lipinski definition) is 4. The summed E-state index contributed by atoms with van der Waals surface area (Å²) in [6, 6.07) is 3.30. The molecule has 0 aliphatic carbocycles. The number of phenols is 1.